The van der Waals surface area contributed by atoms with E-state index in [2.05, 4.69) is 27.5 Å². The zero-order chi connectivity index (χ0) is 18.4. The normalized spacial score (nSPS) is 10.0. The van der Waals surface area contributed by atoms with Crippen LogP contribution >= 0.6 is 0 Å². The standard InChI is InChI=1S/C20H17N5O/c1-2-14-6-8-17(9-7-14)25-20-22-12-16(13-23-20)19(26)24-18-5-3-4-15(10-18)11-21/h3-10,12-13H,2H2,1H3,(H,24,26)(H,22,23,25). The molecule has 0 atom stereocenters. The molecule has 6 heteroatoms. The van der Waals surface area contributed by atoms with Gasteiger partial charge in [-0.2, -0.15) is 5.26 Å². The lowest BCUT2D eigenvalue weighted by atomic mass is 10.1. The van der Waals surface area contributed by atoms with Crippen LogP contribution in [0.2, 0.25) is 0 Å². The van der Waals surface area contributed by atoms with Gasteiger partial charge in [0.25, 0.3) is 5.91 Å². The van der Waals surface area contributed by atoms with E-state index in [1.165, 1.54) is 18.0 Å². The van der Waals surface area contributed by atoms with Crippen molar-refractivity contribution in [3.63, 3.8) is 0 Å². The number of anilines is 3. The lowest BCUT2D eigenvalue weighted by molar-refractivity contribution is 0.102. The first-order chi connectivity index (χ1) is 12.7. The summed E-state index contributed by atoms with van der Waals surface area (Å²) in [4.78, 5) is 20.6. The Morgan fingerprint density at radius 1 is 1.08 bits per heavy atom. The molecular formula is C20H17N5O. The van der Waals surface area contributed by atoms with E-state index in [1.807, 2.05) is 30.3 Å². The molecule has 0 unspecified atom stereocenters. The molecule has 1 aromatic heterocycles. The molecule has 0 bridgehead atoms. The molecule has 0 aliphatic rings. The molecule has 128 valence electrons. The fourth-order valence-electron chi connectivity index (χ4n) is 2.33. The second kappa shape index (κ2) is 7.90. The number of aryl methyl sites for hydroxylation is 1. The van der Waals surface area contributed by atoms with Gasteiger partial charge in [-0.1, -0.05) is 25.1 Å². The molecule has 1 amide bonds. The Morgan fingerprint density at radius 2 is 1.81 bits per heavy atom. The number of carbonyl (C=O) groups is 1. The molecule has 26 heavy (non-hydrogen) atoms. The molecule has 6 nitrogen and oxygen atoms in total. The second-order valence-corrected chi connectivity index (χ2v) is 5.62. The van der Waals surface area contributed by atoms with Crippen molar-refractivity contribution in [1.29, 1.82) is 5.26 Å². The van der Waals surface area contributed by atoms with Crippen molar-refractivity contribution in [3.05, 3.63) is 77.6 Å². The minimum Gasteiger partial charge on any atom is -0.324 e. The van der Waals surface area contributed by atoms with Gasteiger partial charge in [-0.15, -0.1) is 0 Å². The summed E-state index contributed by atoms with van der Waals surface area (Å²) < 4.78 is 0. The largest absolute Gasteiger partial charge is 0.324 e. The fraction of sp³-hybridized carbons (Fsp3) is 0.100. The molecule has 0 aliphatic heterocycles. The number of aromatic nitrogens is 2. The maximum absolute atomic E-state index is 12.3. The Kier molecular flexibility index (Phi) is 5.20. The Bertz CT molecular complexity index is 943. The number of nitrogens with zero attached hydrogens (tertiary/aromatic N) is 3. The number of rotatable bonds is 5. The monoisotopic (exact) mass is 343 g/mol. The average molecular weight is 343 g/mol. The van der Waals surface area contributed by atoms with E-state index in [0.717, 1.165) is 12.1 Å². The maximum Gasteiger partial charge on any atom is 0.258 e. The topological polar surface area (TPSA) is 90.7 Å². The van der Waals surface area contributed by atoms with Gasteiger partial charge in [0.05, 0.1) is 17.2 Å². The van der Waals surface area contributed by atoms with Crippen LogP contribution in [0, 0.1) is 11.3 Å². The summed E-state index contributed by atoms with van der Waals surface area (Å²) in [7, 11) is 0. The van der Waals surface area contributed by atoms with Crippen LogP contribution in [0.25, 0.3) is 0 Å². The number of nitriles is 1. The van der Waals surface area contributed by atoms with Crippen LogP contribution in [-0.4, -0.2) is 15.9 Å². The highest BCUT2D eigenvalue weighted by atomic mass is 16.1. The third kappa shape index (κ3) is 4.22. The molecule has 1 heterocycles. The maximum atomic E-state index is 12.3. The molecule has 3 rings (SSSR count). The van der Waals surface area contributed by atoms with E-state index in [4.69, 9.17) is 5.26 Å². The first-order valence-electron chi connectivity index (χ1n) is 8.17. The average Bonchev–Trinajstić information content (AvgIpc) is 2.69. The summed E-state index contributed by atoms with van der Waals surface area (Å²) in [6.07, 6.45) is 3.90. The van der Waals surface area contributed by atoms with Crippen molar-refractivity contribution < 1.29 is 4.79 Å². The van der Waals surface area contributed by atoms with E-state index in [-0.39, 0.29) is 5.91 Å². The Balaban J connectivity index is 1.66. The number of amides is 1. The van der Waals surface area contributed by atoms with Crippen LogP contribution in [0.15, 0.2) is 60.9 Å². The molecule has 3 aromatic rings. The summed E-state index contributed by atoms with van der Waals surface area (Å²) in [5.41, 5.74) is 3.50. The van der Waals surface area contributed by atoms with Gasteiger partial charge in [0, 0.05) is 23.8 Å². The minimum absolute atomic E-state index is 0.333. The number of carbonyl (C=O) groups excluding carboxylic acids is 1. The van der Waals surface area contributed by atoms with Gasteiger partial charge in [0.2, 0.25) is 5.95 Å². The van der Waals surface area contributed by atoms with Gasteiger partial charge in [-0.25, -0.2) is 9.97 Å². The van der Waals surface area contributed by atoms with Crippen molar-refractivity contribution >= 4 is 23.2 Å². The molecular weight excluding hydrogens is 326 g/mol. The van der Waals surface area contributed by atoms with Gasteiger partial charge in [-0.3, -0.25) is 4.79 Å². The molecule has 0 radical (unpaired) electrons. The van der Waals surface area contributed by atoms with Crippen molar-refractivity contribution in [2.24, 2.45) is 0 Å². The van der Waals surface area contributed by atoms with Crippen molar-refractivity contribution in [3.8, 4) is 6.07 Å². The van der Waals surface area contributed by atoms with E-state index < -0.39 is 0 Å². The molecule has 0 saturated carbocycles. The quantitative estimate of drug-likeness (QED) is 0.733. The van der Waals surface area contributed by atoms with E-state index in [9.17, 15) is 4.79 Å². The number of hydrogen-bond acceptors (Lipinski definition) is 5. The van der Waals surface area contributed by atoms with Gasteiger partial charge in [0.1, 0.15) is 0 Å². The van der Waals surface area contributed by atoms with Crippen LogP contribution in [-0.2, 0) is 6.42 Å². The first kappa shape index (κ1) is 17.1. The molecule has 0 saturated heterocycles. The Labute approximate surface area is 151 Å². The third-order valence-corrected chi connectivity index (χ3v) is 3.78. The predicted octanol–water partition coefficient (Wildman–Crippen LogP) is 3.91. The summed E-state index contributed by atoms with van der Waals surface area (Å²) in [6, 6.07) is 16.7. The number of nitrogens with one attached hydrogen (secondary N) is 2. The highest BCUT2D eigenvalue weighted by Gasteiger charge is 2.08. The van der Waals surface area contributed by atoms with E-state index >= 15 is 0 Å². The summed E-state index contributed by atoms with van der Waals surface area (Å²) >= 11 is 0. The Morgan fingerprint density at radius 3 is 2.46 bits per heavy atom. The zero-order valence-corrected chi connectivity index (χ0v) is 14.2. The predicted molar refractivity (Wildman–Crippen MR) is 100 cm³/mol. The van der Waals surface area contributed by atoms with Crippen molar-refractivity contribution in [2.45, 2.75) is 13.3 Å². The second-order valence-electron chi connectivity index (χ2n) is 5.62. The van der Waals surface area contributed by atoms with Crippen molar-refractivity contribution in [2.75, 3.05) is 10.6 Å². The van der Waals surface area contributed by atoms with Gasteiger partial charge in [0.15, 0.2) is 0 Å². The fourth-order valence-corrected chi connectivity index (χ4v) is 2.33. The lowest BCUT2D eigenvalue weighted by Gasteiger charge is -2.07. The van der Waals surface area contributed by atoms with Crippen LogP contribution in [0.1, 0.15) is 28.4 Å². The van der Waals surface area contributed by atoms with Gasteiger partial charge in [-0.05, 0) is 42.3 Å². The van der Waals surface area contributed by atoms with Crippen LogP contribution in [0.3, 0.4) is 0 Å². The van der Waals surface area contributed by atoms with E-state index in [1.54, 1.807) is 24.3 Å². The molecule has 2 N–H and O–H groups in total. The van der Waals surface area contributed by atoms with Gasteiger partial charge < -0.3 is 10.6 Å². The first-order valence-corrected chi connectivity index (χ1v) is 8.17. The highest BCUT2D eigenvalue weighted by molar-refractivity contribution is 6.04. The molecule has 2 aromatic carbocycles. The Hall–Kier alpha value is -3.72. The number of hydrogen-bond donors (Lipinski definition) is 2. The zero-order valence-electron chi connectivity index (χ0n) is 14.2. The van der Waals surface area contributed by atoms with Crippen LogP contribution in [0.5, 0.6) is 0 Å². The number of benzene rings is 2. The SMILES string of the molecule is CCc1ccc(Nc2ncc(C(=O)Nc3cccc(C#N)c3)cn2)cc1. The van der Waals surface area contributed by atoms with Gasteiger partial charge >= 0.3 is 0 Å². The summed E-state index contributed by atoms with van der Waals surface area (Å²) in [6.45, 7) is 2.10. The summed E-state index contributed by atoms with van der Waals surface area (Å²) in [5, 5.41) is 14.7. The van der Waals surface area contributed by atoms with Crippen molar-refractivity contribution in [1.82, 2.24) is 9.97 Å². The summed E-state index contributed by atoms with van der Waals surface area (Å²) in [5.74, 6) is 0.0798. The third-order valence-electron chi connectivity index (χ3n) is 3.78. The van der Waals surface area contributed by atoms with E-state index in [0.29, 0.717) is 22.8 Å². The van der Waals surface area contributed by atoms with Crippen LogP contribution < -0.4 is 10.6 Å². The molecule has 0 fully saturated rings. The smallest absolute Gasteiger partial charge is 0.258 e. The highest BCUT2D eigenvalue weighted by Crippen LogP contribution is 2.15. The van der Waals surface area contributed by atoms with Crippen LogP contribution in [0.4, 0.5) is 17.3 Å². The lowest BCUT2D eigenvalue weighted by Crippen LogP contribution is -2.13. The molecule has 0 aliphatic carbocycles. The minimum atomic E-state index is -0.334. The molecule has 0 spiro atoms.